The molecule has 2 fully saturated rings. The van der Waals surface area contributed by atoms with Gasteiger partial charge in [0.25, 0.3) is 0 Å². The van der Waals surface area contributed by atoms with Gasteiger partial charge in [0.2, 0.25) is 5.91 Å². The van der Waals surface area contributed by atoms with Gasteiger partial charge >= 0.3 is 0 Å². The SMILES string of the molecule is COCCC(C)(O)CNC(=O)C1CC2CCC1C2. The van der Waals surface area contributed by atoms with Crippen molar-refractivity contribution in [1.82, 2.24) is 5.32 Å². The Kier molecular flexibility index (Phi) is 4.28. The lowest BCUT2D eigenvalue weighted by molar-refractivity contribution is -0.127. The van der Waals surface area contributed by atoms with Crippen LogP contribution < -0.4 is 5.32 Å². The van der Waals surface area contributed by atoms with Gasteiger partial charge in [0.15, 0.2) is 0 Å². The summed E-state index contributed by atoms with van der Waals surface area (Å²) in [5.74, 6) is 1.71. The van der Waals surface area contributed by atoms with Crippen LogP contribution >= 0.6 is 0 Å². The molecule has 4 heteroatoms. The van der Waals surface area contributed by atoms with Crippen LogP contribution in [0.5, 0.6) is 0 Å². The molecule has 4 atom stereocenters. The Morgan fingerprint density at radius 2 is 2.22 bits per heavy atom. The number of ether oxygens (including phenoxy) is 1. The maximum Gasteiger partial charge on any atom is 0.223 e. The highest BCUT2D eigenvalue weighted by Crippen LogP contribution is 2.48. The fourth-order valence-electron chi connectivity index (χ4n) is 3.38. The third-order valence-corrected chi connectivity index (χ3v) is 4.56. The van der Waals surface area contributed by atoms with E-state index in [4.69, 9.17) is 4.74 Å². The molecule has 0 radical (unpaired) electrons. The average molecular weight is 255 g/mol. The lowest BCUT2D eigenvalue weighted by Gasteiger charge is -2.26. The highest BCUT2D eigenvalue weighted by Gasteiger charge is 2.43. The third-order valence-electron chi connectivity index (χ3n) is 4.56. The van der Waals surface area contributed by atoms with E-state index in [0.717, 1.165) is 12.3 Å². The Bertz CT molecular complexity index is 303. The quantitative estimate of drug-likeness (QED) is 0.752. The van der Waals surface area contributed by atoms with E-state index in [9.17, 15) is 9.90 Å². The molecule has 18 heavy (non-hydrogen) atoms. The van der Waals surface area contributed by atoms with E-state index in [1.807, 2.05) is 0 Å². The summed E-state index contributed by atoms with van der Waals surface area (Å²) < 4.78 is 4.95. The van der Waals surface area contributed by atoms with Crippen LogP contribution in [0.1, 0.15) is 39.0 Å². The number of rotatable bonds is 6. The molecule has 0 saturated heterocycles. The van der Waals surface area contributed by atoms with Gasteiger partial charge < -0.3 is 15.2 Å². The molecular formula is C14H25NO3. The molecule has 0 heterocycles. The van der Waals surface area contributed by atoms with Crippen LogP contribution in [0.3, 0.4) is 0 Å². The molecule has 2 saturated carbocycles. The molecule has 0 aromatic rings. The van der Waals surface area contributed by atoms with Gasteiger partial charge in [-0.25, -0.2) is 0 Å². The van der Waals surface area contributed by atoms with Crippen LogP contribution in [-0.2, 0) is 9.53 Å². The number of carbonyl (C=O) groups is 1. The van der Waals surface area contributed by atoms with Crippen molar-refractivity contribution in [3.8, 4) is 0 Å². The summed E-state index contributed by atoms with van der Waals surface area (Å²) in [6.45, 7) is 2.58. The second kappa shape index (κ2) is 5.57. The van der Waals surface area contributed by atoms with Gasteiger partial charge in [-0.3, -0.25) is 4.79 Å². The largest absolute Gasteiger partial charge is 0.388 e. The van der Waals surface area contributed by atoms with Gasteiger partial charge in [0.1, 0.15) is 0 Å². The maximum atomic E-state index is 12.1. The normalized spacial score (nSPS) is 33.4. The lowest BCUT2D eigenvalue weighted by Crippen LogP contribution is -2.44. The first kappa shape index (κ1) is 13.8. The molecule has 2 rings (SSSR count). The van der Waals surface area contributed by atoms with Crippen molar-refractivity contribution in [1.29, 1.82) is 0 Å². The Morgan fingerprint density at radius 1 is 1.44 bits per heavy atom. The van der Waals surface area contributed by atoms with E-state index >= 15 is 0 Å². The number of hydrogen-bond donors (Lipinski definition) is 2. The minimum absolute atomic E-state index is 0.139. The predicted molar refractivity (Wildman–Crippen MR) is 69.1 cm³/mol. The molecule has 2 aliphatic carbocycles. The standard InChI is InChI=1S/C14H25NO3/c1-14(17,5-6-18-2)9-15-13(16)12-8-10-3-4-11(12)7-10/h10-12,17H,3-9H2,1-2H3,(H,15,16). The van der Waals surface area contributed by atoms with Gasteiger partial charge in [0.05, 0.1) is 5.60 Å². The number of methoxy groups -OCH3 is 1. The molecule has 0 spiro atoms. The summed E-state index contributed by atoms with van der Waals surface area (Å²) in [5.41, 5.74) is -0.872. The van der Waals surface area contributed by atoms with Gasteiger partial charge in [0, 0.05) is 32.6 Å². The van der Waals surface area contributed by atoms with Crippen molar-refractivity contribution in [2.24, 2.45) is 17.8 Å². The van der Waals surface area contributed by atoms with Gasteiger partial charge in [-0.1, -0.05) is 6.42 Å². The molecular weight excluding hydrogens is 230 g/mol. The first-order chi connectivity index (χ1) is 8.52. The van der Waals surface area contributed by atoms with E-state index in [-0.39, 0.29) is 11.8 Å². The first-order valence-electron chi connectivity index (χ1n) is 7.01. The van der Waals surface area contributed by atoms with Gasteiger partial charge in [-0.05, 0) is 38.0 Å². The fraction of sp³-hybridized carbons (Fsp3) is 0.929. The first-order valence-corrected chi connectivity index (χ1v) is 7.01. The molecule has 0 aromatic carbocycles. The van der Waals surface area contributed by atoms with Crippen LogP contribution in [0.2, 0.25) is 0 Å². The maximum absolute atomic E-state index is 12.1. The molecule has 104 valence electrons. The molecule has 4 nitrogen and oxygen atoms in total. The molecule has 2 bridgehead atoms. The summed E-state index contributed by atoms with van der Waals surface area (Å²) >= 11 is 0. The van der Waals surface area contributed by atoms with E-state index in [1.165, 1.54) is 19.3 Å². The van der Waals surface area contributed by atoms with Crippen molar-refractivity contribution in [3.63, 3.8) is 0 Å². The van der Waals surface area contributed by atoms with E-state index in [0.29, 0.717) is 25.5 Å². The number of amides is 1. The smallest absolute Gasteiger partial charge is 0.223 e. The number of carbonyl (C=O) groups excluding carboxylic acids is 1. The van der Waals surface area contributed by atoms with Crippen molar-refractivity contribution in [2.75, 3.05) is 20.3 Å². The summed E-state index contributed by atoms with van der Waals surface area (Å²) in [7, 11) is 1.62. The van der Waals surface area contributed by atoms with E-state index in [2.05, 4.69) is 5.32 Å². The molecule has 1 amide bonds. The van der Waals surface area contributed by atoms with Crippen molar-refractivity contribution in [3.05, 3.63) is 0 Å². The van der Waals surface area contributed by atoms with Crippen molar-refractivity contribution in [2.45, 2.75) is 44.6 Å². The van der Waals surface area contributed by atoms with E-state index < -0.39 is 5.60 Å². The van der Waals surface area contributed by atoms with E-state index in [1.54, 1.807) is 14.0 Å². The predicted octanol–water partition coefficient (Wildman–Crippen LogP) is 1.33. The average Bonchev–Trinajstić information content (AvgIpc) is 2.96. The molecule has 2 N–H and O–H groups in total. The fourth-order valence-corrected chi connectivity index (χ4v) is 3.38. The summed E-state index contributed by atoms with van der Waals surface area (Å²) in [4.78, 5) is 12.1. The Labute approximate surface area is 109 Å². The Morgan fingerprint density at radius 3 is 2.78 bits per heavy atom. The molecule has 0 aromatic heterocycles. The van der Waals surface area contributed by atoms with Gasteiger partial charge in [-0.15, -0.1) is 0 Å². The highest BCUT2D eigenvalue weighted by atomic mass is 16.5. The van der Waals surface area contributed by atoms with Crippen LogP contribution in [0.4, 0.5) is 0 Å². The minimum Gasteiger partial charge on any atom is -0.388 e. The zero-order chi connectivity index (χ0) is 13.2. The highest BCUT2D eigenvalue weighted by molar-refractivity contribution is 5.79. The van der Waals surface area contributed by atoms with Crippen LogP contribution in [0, 0.1) is 17.8 Å². The lowest BCUT2D eigenvalue weighted by atomic mass is 9.88. The minimum atomic E-state index is -0.872. The Hall–Kier alpha value is -0.610. The van der Waals surface area contributed by atoms with Crippen LogP contribution in [0.15, 0.2) is 0 Å². The molecule has 0 aliphatic heterocycles. The van der Waals surface area contributed by atoms with Crippen molar-refractivity contribution < 1.29 is 14.6 Å². The second-order valence-corrected chi connectivity index (χ2v) is 6.24. The number of fused-ring (bicyclic) bond motifs is 2. The van der Waals surface area contributed by atoms with Crippen LogP contribution in [0.25, 0.3) is 0 Å². The molecule has 4 unspecified atom stereocenters. The second-order valence-electron chi connectivity index (χ2n) is 6.24. The zero-order valence-electron chi connectivity index (χ0n) is 11.4. The number of hydrogen-bond acceptors (Lipinski definition) is 3. The van der Waals surface area contributed by atoms with Crippen LogP contribution in [-0.4, -0.2) is 36.9 Å². The van der Waals surface area contributed by atoms with Gasteiger partial charge in [-0.2, -0.15) is 0 Å². The number of aliphatic hydroxyl groups is 1. The Balaban J connectivity index is 1.74. The summed E-state index contributed by atoms with van der Waals surface area (Å²) in [5, 5.41) is 13.0. The topological polar surface area (TPSA) is 58.6 Å². The monoisotopic (exact) mass is 255 g/mol. The van der Waals surface area contributed by atoms with Crippen molar-refractivity contribution >= 4 is 5.91 Å². The third kappa shape index (κ3) is 3.23. The zero-order valence-corrected chi connectivity index (χ0v) is 11.4. The summed E-state index contributed by atoms with van der Waals surface area (Å²) in [6.07, 6.45) is 5.35. The number of nitrogens with one attached hydrogen (secondary N) is 1. The summed E-state index contributed by atoms with van der Waals surface area (Å²) in [6, 6.07) is 0. The molecule has 2 aliphatic rings.